The van der Waals surface area contributed by atoms with Gasteiger partial charge in [0.05, 0.1) is 28.4 Å². The van der Waals surface area contributed by atoms with Crippen LogP contribution in [0.25, 0.3) is 11.1 Å². The maximum absolute atomic E-state index is 14.9. The summed E-state index contributed by atoms with van der Waals surface area (Å²) in [6.45, 7) is 3.84. The van der Waals surface area contributed by atoms with Crippen LogP contribution in [-0.2, 0) is 14.4 Å². The zero-order valence-electron chi connectivity index (χ0n) is 20.2. The van der Waals surface area contributed by atoms with Crippen LogP contribution in [0.15, 0.2) is 84.9 Å². The lowest BCUT2D eigenvalue weighted by atomic mass is 9.60. The third kappa shape index (κ3) is 2.50. The topological polar surface area (TPSA) is 54.5 Å². The Morgan fingerprint density at radius 3 is 1.50 bits per heavy atom. The molecule has 4 atom stereocenters. The Kier molecular flexibility index (Phi) is 4.91. The Morgan fingerprint density at radius 2 is 1.08 bits per heavy atom. The van der Waals surface area contributed by atoms with Crippen LogP contribution in [0.4, 0.5) is 10.1 Å². The molecule has 2 amide bonds. The van der Waals surface area contributed by atoms with Gasteiger partial charge in [-0.1, -0.05) is 86.6 Å². The van der Waals surface area contributed by atoms with Gasteiger partial charge in [-0.25, -0.2) is 9.29 Å². The van der Waals surface area contributed by atoms with Crippen molar-refractivity contribution >= 4 is 34.4 Å². The summed E-state index contributed by atoms with van der Waals surface area (Å²) in [5.41, 5.74) is 1.05. The van der Waals surface area contributed by atoms with E-state index >= 15 is 0 Å². The fourth-order valence-electron chi connectivity index (χ4n) is 7.33. The number of allylic oxidation sites excluding steroid dienone is 2. The van der Waals surface area contributed by atoms with Gasteiger partial charge in [-0.15, -0.1) is 0 Å². The number of carbonyl (C=O) groups excluding carboxylic acids is 3. The van der Waals surface area contributed by atoms with Gasteiger partial charge in [-0.3, -0.25) is 14.4 Å². The lowest BCUT2D eigenvalue weighted by Crippen LogP contribution is -2.42. The van der Waals surface area contributed by atoms with Gasteiger partial charge in [-0.2, -0.15) is 0 Å². The number of ketones is 1. The van der Waals surface area contributed by atoms with E-state index in [2.05, 4.69) is 0 Å². The molecular weight excluding hydrogens is 453 g/mol. The molecule has 4 nitrogen and oxygen atoms in total. The number of halogens is 1. The third-order valence-electron chi connectivity index (χ3n) is 8.65. The molecule has 6 rings (SSSR count). The number of nitrogens with zero attached hydrogens (tertiary/aromatic N) is 1. The van der Waals surface area contributed by atoms with Crippen LogP contribution in [0.1, 0.15) is 37.8 Å². The monoisotopic (exact) mass is 479 g/mol. The Morgan fingerprint density at radius 1 is 0.667 bits per heavy atom. The van der Waals surface area contributed by atoms with Gasteiger partial charge in [0.25, 0.3) is 0 Å². The van der Waals surface area contributed by atoms with Crippen LogP contribution in [0, 0.1) is 28.5 Å². The van der Waals surface area contributed by atoms with Crippen LogP contribution in [0.5, 0.6) is 0 Å². The van der Waals surface area contributed by atoms with E-state index in [4.69, 9.17) is 0 Å². The van der Waals surface area contributed by atoms with Crippen molar-refractivity contribution < 1.29 is 18.8 Å². The Labute approximate surface area is 209 Å². The molecule has 3 aromatic carbocycles. The first-order valence-corrected chi connectivity index (χ1v) is 12.5. The Balaban J connectivity index is 1.69. The molecule has 3 aromatic rings. The summed E-state index contributed by atoms with van der Waals surface area (Å²) in [5, 5.41) is 0. The average molecular weight is 480 g/mol. The first kappa shape index (κ1) is 22.6. The van der Waals surface area contributed by atoms with Crippen LogP contribution in [-0.4, -0.2) is 17.6 Å². The van der Waals surface area contributed by atoms with Crippen molar-refractivity contribution in [3.63, 3.8) is 0 Å². The zero-order valence-corrected chi connectivity index (χ0v) is 20.2. The fraction of sp³-hybridized carbons (Fsp3) is 0.258. The summed E-state index contributed by atoms with van der Waals surface area (Å²) in [7, 11) is 0. The number of fused-ring (bicyclic) bond motifs is 5. The van der Waals surface area contributed by atoms with E-state index in [1.54, 1.807) is 6.07 Å². The predicted octanol–water partition coefficient (Wildman–Crippen LogP) is 5.93. The first-order chi connectivity index (χ1) is 17.4. The molecule has 0 spiro atoms. The molecule has 0 N–H and O–H groups in total. The number of hydrogen-bond donors (Lipinski definition) is 0. The molecule has 1 saturated heterocycles. The second-order valence-electron chi connectivity index (χ2n) is 9.88. The number of para-hydroxylation sites is 1. The number of amides is 2. The van der Waals surface area contributed by atoms with Crippen molar-refractivity contribution in [2.75, 3.05) is 4.90 Å². The molecule has 36 heavy (non-hydrogen) atoms. The number of rotatable bonds is 5. The molecule has 2 fully saturated rings. The van der Waals surface area contributed by atoms with Gasteiger partial charge < -0.3 is 0 Å². The second-order valence-corrected chi connectivity index (χ2v) is 9.88. The van der Waals surface area contributed by atoms with Crippen LogP contribution >= 0.6 is 0 Å². The standard InChI is InChI=1S/C31H26FNO3/c1-3-30-23(19-13-7-5-8-14-19)24(20-15-9-6-10-16-20)31(4-2,29(30)36)26-25(30)27(34)33(28(26)35)22-18-12-11-17-21(22)32/h5-18,25-26H,3-4H2,1-2H3/t25-,26+,30-,31-/m1/s1. The highest BCUT2D eigenvalue weighted by atomic mass is 19.1. The number of Topliss-reactive ketones (excluding diaryl/α,β-unsaturated/α-hetero) is 1. The third-order valence-corrected chi connectivity index (χ3v) is 8.65. The van der Waals surface area contributed by atoms with E-state index in [0.29, 0.717) is 12.8 Å². The van der Waals surface area contributed by atoms with Crippen LogP contribution in [0.3, 0.4) is 0 Å². The number of imide groups is 1. The van der Waals surface area contributed by atoms with Crippen molar-refractivity contribution in [3.8, 4) is 0 Å². The van der Waals surface area contributed by atoms with Crippen molar-refractivity contribution in [1.82, 2.24) is 0 Å². The normalized spacial score (nSPS) is 28.9. The SMILES string of the molecule is CC[C@@]12C(=O)[C@](CC)(C(c3ccccc3)=C1c1ccccc1)[C@H]1C(=O)N(c3ccccc3F)C(=O)[C@H]12. The zero-order chi connectivity index (χ0) is 25.2. The predicted molar refractivity (Wildman–Crippen MR) is 136 cm³/mol. The molecule has 1 aliphatic heterocycles. The molecule has 180 valence electrons. The van der Waals surface area contributed by atoms with Crippen molar-refractivity contribution in [2.24, 2.45) is 22.7 Å². The summed E-state index contributed by atoms with van der Waals surface area (Å²) in [5.74, 6) is -3.40. The fourth-order valence-corrected chi connectivity index (χ4v) is 7.33. The summed E-state index contributed by atoms with van der Waals surface area (Å²) in [6, 6.07) is 25.3. The molecule has 5 heteroatoms. The molecule has 0 unspecified atom stereocenters. The lowest BCUT2D eigenvalue weighted by molar-refractivity contribution is -0.134. The highest BCUT2D eigenvalue weighted by Crippen LogP contribution is 2.75. The first-order valence-electron chi connectivity index (χ1n) is 12.5. The Hall–Kier alpha value is -3.86. The maximum atomic E-state index is 14.9. The number of benzene rings is 3. The molecular formula is C31H26FNO3. The molecule has 1 saturated carbocycles. The molecule has 3 aliphatic rings. The molecule has 2 bridgehead atoms. The van der Waals surface area contributed by atoms with E-state index < -0.39 is 40.3 Å². The van der Waals surface area contributed by atoms with Crippen molar-refractivity contribution in [1.29, 1.82) is 0 Å². The minimum atomic E-state index is -1.17. The largest absolute Gasteiger partial charge is 0.298 e. The number of carbonyl (C=O) groups is 3. The van der Waals surface area contributed by atoms with E-state index in [-0.39, 0.29) is 11.5 Å². The van der Waals surface area contributed by atoms with E-state index in [1.165, 1.54) is 18.2 Å². The van der Waals surface area contributed by atoms with Gasteiger partial charge in [0.2, 0.25) is 11.8 Å². The van der Waals surface area contributed by atoms with Gasteiger partial charge in [-0.05, 0) is 47.2 Å². The second kappa shape index (κ2) is 7.82. The summed E-state index contributed by atoms with van der Waals surface area (Å²) < 4.78 is 14.9. The molecule has 1 heterocycles. The van der Waals surface area contributed by atoms with E-state index in [1.807, 2.05) is 74.5 Å². The summed E-state index contributed by atoms with van der Waals surface area (Å²) in [6.07, 6.45) is 0.749. The quantitative estimate of drug-likeness (QED) is 0.426. The van der Waals surface area contributed by atoms with Crippen LogP contribution < -0.4 is 4.90 Å². The van der Waals surface area contributed by atoms with Gasteiger partial charge in [0, 0.05) is 0 Å². The van der Waals surface area contributed by atoms with E-state index in [9.17, 15) is 18.8 Å². The lowest BCUT2D eigenvalue weighted by Gasteiger charge is -2.38. The van der Waals surface area contributed by atoms with Crippen molar-refractivity contribution in [2.45, 2.75) is 26.7 Å². The summed E-state index contributed by atoms with van der Waals surface area (Å²) in [4.78, 5) is 43.8. The van der Waals surface area contributed by atoms with Crippen molar-refractivity contribution in [3.05, 3.63) is 102 Å². The number of hydrogen-bond acceptors (Lipinski definition) is 3. The smallest absolute Gasteiger partial charge is 0.239 e. The maximum Gasteiger partial charge on any atom is 0.239 e. The van der Waals surface area contributed by atoms with Gasteiger partial charge >= 0.3 is 0 Å². The highest BCUT2D eigenvalue weighted by Gasteiger charge is 2.80. The van der Waals surface area contributed by atoms with E-state index in [0.717, 1.165) is 27.2 Å². The Bertz CT molecular complexity index is 1360. The molecule has 0 radical (unpaired) electrons. The number of anilines is 1. The van der Waals surface area contributed by atoms with Gasteiger partial charge in [0.1, 0.15) is 5.82 Å². The van der Waals surface area contributed by atoms with Crippen LogP contribution in [0.2, 0.25) is 0 Å². The molecule has 0 aromatic heterocycles. The minimum Gasteiger partial charge on any atom is -0.298 e. The highest BCUT2D eigenvalue weighted by molar-refractivity contribution is 6.34. The molecule has 2 aliphatic carbocycles. The average Bonchev–Trinajstić information content (AvgIpc) is 3.41. The minimum absolute atomic E-state index is 0.0474. The van der Waals surface area contributed by atoms with Gasteiger partial charge in [0.15, 0.2) is 5.78 Å². The summed E-state index contributed by atoms with van der Waals surface area (Å²) >= 11 is 0.